The van der Waals surface area contributed by atoms with Crippen LogP contribution in [-0.4, -0.2) is 17.9 Å². The van der Waals surface area contributed by atoms with Crippen molar-refractivity contribution in [2.45, 2.75) is 46.1 Å². The van der Waals surface area contributed by atoms with Gasteiger partial charge in [-0.2, -0.15) is 0 Å². The number of carbonyl (C=O) groups is 2. The Hall–Kier alpha value is -2.34. The van der Waals surface area contributed by atoms with Gasteiger partial charge in [-0.1, -0.05) is 6.07 Å². The Labute approximate surface area is 151 Å². The highest BCUT2D eigenvalue weighted by Gasteiger charge is 2.27. The second-order valence-electron chi connectivity index (χ2n) is 6.42. The number of anilines is 1. The zero-order valence-corrected chi connectivity index (χ0v) is 15.5. The average Bonchev–Trinajstić information content (AvgIpc) is 3.10. The van der Waals surface area contributed by atoms with Gasteiger partial charge in [0.05, 0.1) is 5.56 Å². The van der Waals surface area contributed by atoms with E-state index in [0.717, 1.165) is 35.3 Å². The van der Waals surface area contributed by atoms with Crippen LogP contribution in [0.25, 0.3) is 0 Å². The number of hydrogen-bond acceptors (Lipinski definition) is 4. The van der Waals surface area contributed by atoms with E-state index in [0.29, 0.717) is 16.3 Å². The third kappa shape index (κ3) is 3.54. The summed E-state index contributed by atoms with van der Waals surface area (Å²) in [5, 5.41) is 3.36. The zero-order valence-electron chi connectivity index (χ0n) is 14.6. The first-order chi connectivity index (χ1) is 11.9. The molecule has 1 aliphatic carbocycles. The summed E-state index contributed by atoms with van der Waals surface area (Å²) in [6, 6.07) is 5.72. The molecule has 1 aliphatic rings. The van der Waals surface area contributed by atoms with E-state index in [1.54, 1.807) is 6.92 Å². The van der Waals surface area contributed by atoms with Crippen LogP contribution in [0.4, 0.5) is 5.00 Å². The lowest BCUT2D eigenvalue weighted by Crippen LogP contribution is -2.30. The smallest absolute Gasteiger partial charge is 0.265 e. The molecule has 3 rings (SSSR count). The normalized spacial score (nSPS) is 14.0. The van der Waals surface area contributed by atoms with E-state index in [4.69, 9.17) is 10.5 Å². The second-order valence-corrected chi connectivity index (χ2v) is 7.53. The predicted molar refractivity (Wildman–Crippen MR) is 99.5 cm³/mol. The fourth-order valence-electron chi connectivity index (χ4n) is 3.01. The van der Waals surface area contributed by atoms with Crippen molar-refractivity contribution < 1.29 is 14.3 Å². The molecule has 0 saturated heterocycles. The molecular weight excluding hydrogens is 336 g/mol. The number of nitrogens with one attached hydrogen (secondary N) is 1. The standard InChI is InChI=1S/C19H22N2O3S/c1-10-7-8-13(9-11(10)2)24-12(3)18(23)21-19-16(17(20)22)14-5-4-6-15(14)25-19/h7-9,12H,4-6H2,1-3H3,(H2,20,22)(H,21,23)/t12-/m1/s1. The minimum absolute atomic E-state index is 0.291. The lowest BCUT2D eigenvalue weighted by molar-refractivity contribution is -0.122. The van der Waals surface area contributed by atoms with Crippen molar-refractivity contribution in [3.05, 3.63) is 45.3 Å². The molecule has 0 fully saturated rings. The number of amides is 2. The highest BCUT2D eigenvalue weighted by molar-refractivity contribution is 7.17. The molecule has 25 heavy (non-hydrogen) atoms. The Morgan fingerprint density at radius 3 is 2.68 bits per heavy atom. The molecule has 1 atom stereocenters. The summed E-state index contributed by atoms with van der Waals surface area (Å²) >= 11 is 1.45. The topological polar surface area (TPSA) is 81.4 Å². The maximum Gasteiger partial charge on any atom is 0.265 e. The van der Waals surface area contributed by atoms with Crippen molar-refractivity contribution in [3.8, 4) is 5.75 Å². The average molecular weight is 358 g/mol. The first kappa shape index (κ1) is 17.5. The van der Waals surface area contributed by atoms with E-state index in [-0.39, 0.29) is 5.91 Å². The number of fused-ring (bicyclic) bond motifs is 1. The quantitative estimate of drug-likeness (QED) is 0.860. The molecule has 6 heteroatoms. The van der Waals surface area contributed by atoms with Gasteiger partial charge in [-0.3, -0.25) is 9.59 Å². The van der Waals surface area contributed by atoms with Crippen LogP contribution in [0.5, 0.6) is 5.75 Å². The van der Waals surface area contributed by atoms with Crippen LogP contribution in [0.1, 0.15) is 45.3 Å². The maximum atomic E-state index is 12.5. The molecule has 0 bridgehead atoms. The molecule has 2 amide bonds. The van der Waals surface area contributed by atoms with E-state index < -0.39 is 12.0 Å². The molecule has 3 N–H and O–H groups in total. The highest BCUT2D eigenvalue weighted by Crippen LogP contribution is 2.38. The lowest BCUT2D eigenvalue weighted by atomic mass is 10.1. The Morgan fingerprint density at radius 2 is 2.00 bits per heavy atom. The molecular formula is C19H22N2O3S. The van der Waals surface area contributed by atoms with Crippen LogP contribution in [0, 0.1) is 13.8 Å². The molecule has 1 heterocycles. The lowest BCUT2D eigenvalue weighted by Gasteiger charge is -2.15. The van der Waals surface area contributed by atoms with E-state index in [1.807, 2.05) is 32.0 Å². The Balaban J connectivity index is 1.74. The Kier molecular flexibility index (Phi) is 4.81. The van der Waals surface area contributed by atoms with Gasteiger partial charge in [0.25, 0.3) is 11.8 Å². The molecule has 5 nitrogen and oxygen atoms in total. The molecule has 1 aromatic carbocycles. The summed E-state index contributed by atoms with van der Waals surface area (Å²) in [6.45, 7) is 5.71. The van der Waals surface area contributed by atoms with Crippen LogP contribution in [0.3, 0.4) is 0 Å². The predicted octanol–water partition coefficient (Wildman–Crippen LogP) is 3.36. The third-order valence-corrected chi connectivity index (χ3v) is 5.77. The molecule has 0 aliphatic heterocycles. The van der Waals surface area contributed by atoms with Gasteiger partial charge in [-0.25, -0.2) is 0 Å². The van der Waals surface area contributed by atoms with Crippen molar-refractivity contribution in [3.63, 3.8) is 0 Å². The molecule has 0 unspecified atom stereocenters. The van der Waals surface area contributed by atoms with Crippen LogP contribution in [0.2, 0.25) is 0 Å². The van der Waals surface area contributed by atoms with E-state index in [2.05, 4.69) is 5.32 Å². The van der Waals surface area contributed by atoms with Crippen molar-refractivity contribution in [2.75, 3.05) is 5.32 Å². The van der Waals surface area contributed by atoms with Crippen molar-refractivity contribution in [1.29, 1.82) is 0 Å². The Morgan fingerprint density at radius 1 is 1.24 bits per heavy atom. The third-order valence-electron chi connectivity index (χ3n) is 4.56. The molecule has 0 saturated carbocycles. The fraction of sp³-hybridized carbons (Fsp3) is 0.368. The molecule has 1 aromatic heterocycles. The summed E-state index contributed by atoms with van der Waals surface area (Å²) in [6.07, 6.45) is 2.13. The number of rotatable bonds is 5. The minimum Gasteiger partial charge on any atom is -0.481 e. The summed E-state index contributed by atoms with van der Waals surface area (Å²) in [7, 11) is 0. The van der Waals surface area contributed by atoms with Gasteiger partial charge in [0.2, 0.25) is 0 Å². The number of carbonyl (C=O) groups excluding carboxylic acids is 2. The number of nitrogens with two attached hydrogens (primary N) is 1. The van der Waals surface area contributed by atoms with E-state index >= 15 is 0 Å². The van der Waals surface area contributed by atoms with Gasteiger partial charge < -0.3 is 15.8 Å². The van der Waals surface area contributed by atoms with Gasteiger partial charge >= 0.3 is 0 Å². The van der Waals surface area contributed by atoms with Gasteiger partial charge in [-0.15, -0.1) is 11.3 Å². The van der Waals surface area contributed by atoms with Crippen molar-refractivity contribution in [2.24, 2.45) is 5.73 Å². The van der Waals surface area contributed by atoms with Crippen LogP contribution in [-0.2, 0) is 17.6 Å². The molecule has 132 valence electrons. The minimum atomic E-state index is -0.681. The molecule has 0 spiro atoms. The van der Waals surface area contributed by atoms with Crippen LogP contribution >= 0.6 is 11.3 Å². The maximum absolute atomic E-state index is 12.5. The number of primary amides is 1. The SMILES string of the molecule is Cc1ccc(O[C@H](C)C(=O)Nc2sc3c(c2C(N)=O)CCC3)cc1C. The van der Waals surface area contributed by atoms with Gasteiger partial charge in [0.15, 0.2) is 6.10 Å². The number of benzene rings is 1. The van der Waals surface area contributed by atoms with E-state index in [1.165, 1.54) is 16.9 Å². The van der Waals surface area contributed by atoms with Gasteiger partial charge in [-0.05, 0) is 68.9 Å². The van der Waals surface area contributed by atoms with Gasteiger partial charge in [0.1, 0.15) is 10.8 Å². The summed E-state index contributed by atoms with van der Waals surface area (Å²) < 4.78 is 5.74. The fourth-order valence-corrected chi connectivity index (χ4v) is 4.31. The monoisotopic (exact) mass is 358 g/mol. The zero-order chi connectivity index (χ0) is 18.1. The van der Waals surface area contributed by atoms with Crippen molar-refractivity contribution in [1.82, 2.24) is 0 Å². The first-order valence-electron chi connectivity index (χ1n) is 8.36. The van der Waals surface area contributed by atoms with Gasteiger partial charge in [0, 0.05) is 4.88 Å². The molecule has 2 aromatic rings. The summed E-state index contributed by atoms with van der Waals surface area (Å²) in [4.78, 5) is 25.4. The summed E-state index contributed by atoms with van der Waals surface area (Å²) in [5.74, 6) is -0.132. The second kappa shape index (κ2) is 6.88. The Bertz CT molecular complexity index is 841. The summed E-state index contributed by atoms with van der Waals surface area (Å²) in [5.41, 5.74) is 9.26. The van der Waals surface area contributed by atoms with Crippen LogP contribution < -0.4 is 15.8 Å². The highest BCUT2D eigenvalue weighted by atomic mass is 32.1. The number of ether oxygens (including phenoxy) is 1. The molecule has 0 radical (unpaired) electrons. The number of aryl methyl sites for hydroxylation is 3. The number of hydrogen-bond donors (Lipinski definition) is 2. The van der Waals surface area contributed by atoms with E-state index in [9.17, 15) is 9.59 Å². The number of thiophene rings is 1. The van der Waals surface area contributed by atoms with Crippen LogP contribution in [0.15, 0.2) is 18.2 Å². The largest absolute Gasteiger partial charge is 0.481 e. The first-order valence-corrected chi connectivity index (χ1v) is 9.17. The van der Waals surface area contributed by atoms with Crippen molar-refractivity contribution >= 4 is 28.2 Å².